The Morgan fingerprint density at radius 2 is 2.17 bits per heavy atom. The van der Waals surface area contributed by atoms with Crippen molar-refractivity contribution < 1.29 is 0 Å². The fraction of sp³-hybridized carbons (Fsp3) is 0.400. The molecule has 0 bridgehead atoms. The molecule has 2 heteroatoms. The van der Waals surface area contributed by atoms with E-state index in [9.17, 15) is 0 Å². The molecule has 0 aliphatic rings. The summed E-state index contributed by atoms with van der Waals surface area (Å²) in [5, 5.41) is 0. The molecule has 0 N–H and O–H groups in total. The van der Waals surface area contributed by atoms with E-state index in [2.05, 4.69) is 63.0 Å². The molecule has 1 rings (SSSR count). The maximum atomic E-state index is 3.62. The molecule has 0 aliphatic heterocycles. The van der Waals surface area contributed by atoms with Gasteiger partial charge >= 0.3 is 0 Å². The minimum absolute atomic E-state index is 0.604. The number of rotatable bonds is 3. The number of alkyl halides is 1. The summed E-state index contributed by atoms with van der Waals surface area (Å²) in [5.41, 5.74) is 1.38. The van der Waals surface area contributed by atoms with Gasteiger partial charge in [0, 0.05) is 9.30 Å². The molecule has 0 spiro atoms. The molecule has 0 amide bonds. The smallest absolute Gasteiger partial charge is 0.0183 e. The van der Waals surface area contributed by atoms with Crippen LogP contribution in [-0.2, 0) is 6.42 Å². The molecule has 12 heavy (non-hydrogen) atoms. The highest BCUT2D eigenvalue weighted by molar-refractivity contribution is 9.10. The first-order valence-electron chi connectivity index (χ1n) is 4.11. The Labute approximate surface area is 90.6 Å². The molecule has 1 unspecified atom stereocenters. The molecule has 1 atom stereocenters. The van der Waals surface area contributed by atoms with E-state index in [1.54, 1.807) is 0 Å². The standard InChI is InChI=1S/C10H12Br2/c1-2-9(11)6-8-4-3-5-10(12)7-8/h3-5,7,9H,2,6H2,1H3. The summed E-state index contributed by atoms with van der Waals surface area (Å²) in [7, 11) is 0. The molecule has 1 aromatic carbocycles. The predicted octanol–water partition coefficient (Wildman–Crippen LogP) is 4.17. The molecule has 0 aromatic heterocycles. The highest BCUT2D eigenvalue weighted by atomic mass is 79.9. The summed E-state index contributed by atoms with van der Waals surface area (Å²) in [6, 6.07) is 8.46. The highest BCUT2D eigenvalue weighted by Gasteiger charge is 2.02. The fourth-order valence-electron chi connectivity index (χ4n) is 1.06. The van der Waals surface area contributed by atoms with Crippen molar-refractivity contribution in [2.24, 2.45) is 0 Å². The van der Waals surface area contributed by atoms with Crippen molar-refractivity contribution in [1.29, 1.82) is 0 Å². The van der Waals surface area contributed by atoms with Crippen molar-refractivity contribution in [3.05, 3.63) is 34.3 Å². The van der Waals surface area contributed by atoms with Crippen molar-refractivity contribution in [2.45, 2.75) is 24.6 Å². The lowest BCUT2D eigenvalue weighted by molar-refractivity contribution is 0.829. The average molecular weight is 292 g/mol. The van der Waals surface area contributed by atoms with Crippen LogP contribution in [0.5, 0.6) is 0 Å². The maximum absolute atomic E-state index is 3.62. The Hall–Kier alpha value is 0.180. The lowest BCUT2D eigenvalue weighted by Gasteiger charge is -2.06. The van der Waals surface area contributed by atoms with Gasteiger partial charge in [-0.25, -0.2) is 0 Å². The van der Waals surface area contributed by atoms with E-state index in [4.69, 9.17) is 0 Å². The van der Waals surface area contributed by atoms with Crippen LogP contribution in [0.15, 0.2) is 28.7 Å². The third-order valence-electron chi connectivity index (χ3n) is 1.79. The van der Waals surface area contributed by atoms with Crippen molar-refractivity contribution in [3.63, 3.8) is 0 Å². The van der Waals surface area contributed by atoms with Crippen molar-refractivity contribution in [3.8, 4) is 0 Å². The second kappa shape index (κ2) is 5.03. The van der Waals surface area contributed by atoms with Crippen LogP contribution in [-0.4, -0.2) is 4.83 Å². The van der Waals surface area contributed by atoms with Gasteiger partial charge < -0.3 is 0 Å². The number of benzene rings is 1. The maximum Gasteiger partial charge on any atom is 0.0183 e. The molecule has 0 nitrogen and oxygen atoms in total. The van der Waals surface area contributed by atoms with E-state index in [-0.39, 0.29) is 0 Å². The third kappa shape index (κ3) is 3.28. The normalized spacial score (nSPS) is 12.9. The summed E-state index contributed by atoms with van der Waals surface area (Å²) in [5.74, 6) is 0. The molecule has 0 saturated carbocycles. The van der Waals surface area contributed by atoms with E-state index in [0.29, 0.717) is 4.83 Å². The van der Waals surface area contributed by atoms with Gasteiger partial charge in [0.05, 0.1) is 0 Å². The van der Waals surface area contributed by atoms with Gasteiger partial charge in [-0.2, -0.15) is 0 Å². The Kier molecular flexibility index (Phi) is 4.30. The topological polar surface area (TPSA) is 0 Å². The molecular formula is C10H12Br2. The first-order chi connectivity index (χ1) is 5.72. The SMILES string of the molecule is CCC(Br)Cc1cccc(Br)c1. The van der Waals surface area contributed by atoms with E-state index >= 15 is 0 Å². The van der Waals surface area contributed by atoms with Crippen LogP contribution in [0.25, 0.3) is 0 Å². The zero-order chi connectivity index (χ0) is 8.97. The molecule has 0 saturated heterocycles. The minimum Gasteiger partial charge on any atom is -0.0887 e. The monoisotopic (exact) mass is 290 g/mol. The Morgan fingerprint density at radius 1 is 1.42 bits per heavy atom. The zero-order valence-corrected chi connectivity index (χ0v) is 10.2. The quantitative estimate of drug-likeness (QED) is 0.734. The Balaban J connectivity index is 2.63. The van der Waals surface area contributed by atoms with E-state index < -0.39 is 0 Å². The van der Waals surface area contributed by atoms with Gasteiger partial charge in [-0.15, -0.1) is 0 Å². The first kappa shape index (κ1) is 10.3. The van der Waals surface area contributed by atoms with Gasteiger partial charge in [0.25, 0.3) is 0 Å². The Morgan fingerprint density at radius 3 is 2.75 bits per heavy atom. The summed E-state index contributed by atoms with van der Waals surface area (Å²) >= 11 is 7.08. The van der Waals surface area contributed by atoms with Gasteiger partial charge in [0.2, 0.25) is 0 Å². The van der Waals surface area contributed by atoms with E-state index in [1.807, 2.05) is 0 Å². The second-order valence-corrected chi connectivity index (χ2v) is 5.05. The van der Waals surface area contributed by atoms with Crippen LogP contribution >= 0.6 is 31.9 Å². The number of hydrogen-bond donors (Lipinski definition) is 0. The molecular weight excluding hydrogens is 280 g/mol. The molecule has 66 valence electrons. The molecule has 0 radical (unpaired) electrons. The van der Waals surface area contributed by atoms with Crippen molar-refractivity contribution >= 4 is 31.9 Å². The zero-order valence-electron chi connectivity index (χ0n) is 7.06. The lowest BCUT2D eigenvalue weighted by atomic mass is 10.1. The van der Waals surface area contributed by atoms with Crippen LogP contribution in [0.4, 0.5) is 0 Å². The van der Waals surface area contributed by atoms with Gasteiger partial charge in [-0.3, -0.25) is 0 Å². The molecule has 0 aliphatic carbocycles. The number of hydrogen-bond acceptors (Lipinski definition) is 0. The van der Waals surface area contributed by atoms with E-state index in [0.717, 1.165) is 10.9 Å². The average Bonchev–Trinajstić information content (AvgIpc) is 2.04. The van der Waals surface area contributed by atoms with Crippen LogP contribution < -0.4 is 0 Å². The largest absolute Gasteiger partial charge is 0.0887 e. The van der Waals surface area contributed by atoms with Crippen LogP contribution in [0.2, 0.25) is 0 Å². The van der Waals surface area contributed by atoms with Crippen molar-refractivity contribution in [1.82, 2.24) is 0 Å². The van der Waals surface area contributed by atoms with Gasteiger partial charge in [-0.05, 0) is 30.5 Å². The predicted molar refractivity (Wildman–Crippen MR) is 60.9 cm³/mol. The third-order valence-corrected chi connectivity index (χ3v) is 3.25. The Bertz CT molecular complexity index is 245. The van der Waals surface area contributed by atoms with Gasteiger partial charge in [0.1, 0.15) is 0 Å². The first-order valence-corrected chi connectivity index (χ1v) is 5.81. The summed E-state index contributed by atoms with van der Waals surface area (Å²) in [6.07, 6.45) is 2.28. The molecule has 0 fully saturated rings. The van der Waals surface area contributed by atoms with E-state index in [1.165, 1.54) is 12.0 Å². The molecule has 1 aromatic rings. The van der Waals surface area contributed by atoms with Crippen LogP contribution in [0.1, 0.15) is 18.9 Å². The van der Waals surface area contributed by atoms with Crippen molar-refractivity contribution in [2.75, 3.05) is 0 Å². The van der Waals surface area contributed by atoms with Crippen LogP contribution in [0, 0.1) is 0 Å². The second-order valence-electron chi connectivity index (χ2n) is 2.84. The fourth-order valence-corrected chi connectivity index (χ4v) is 1.88. The minimum atomic E-state index is 0.604. The van der Waals surface area contributed by atoms with Gasteiger partial charge in [-0.1, -0.05) is 50.9 Å². The molecule has 0 heterocycles. The summed E-state index contributed by atoms with van der Waals surface area (Å²) in [4.78, 5) is 0.604. The summed E-state index contributed by atoms with van der Waals surface area (Å²) in [6.45, 7) is 2.19. The van der Waals surface area contributed by atoms with Gasteiger partial charge in [0.15, 0.2) is 0 Å². The summed E-state index contributed by atoms with van der Waals surface area (Å²) < 4.78 is 1.16. The lowest BCUT2D eigenvalue weighted by Crippen LogP contribution is -1.99. The number of halogens is 2. The highest BCUT2D eigenvalue weighted by Crippen LogP contribution is 2.16. The van der Waals surface area contributed by atoms with Crippen LogP contribution in [0.3, 0.4) is 0 Å².